The first-order valence-electron chi connectivity index (χ1n) is 11.3. The van der Waals surface area contributed by atoms with Gasteiger partial charge < -0.3 is 19.7 Å². The molecule has 0 radical (unpaired) electrons. The topological polar surface area (TPSA) is 109 Å². The fourth-order valence-electron chi connectivity index (χ4n) is 3.87. The van der Waals surface area contributed by atoms with Crippen LogP contribution in [0, 0.1) is 0 Å². The highest BCUT2D eigenvalue weighted by molar-refractivity contribution is 5.73. The maximum Gasteiger partial charge on any atom is 0.490 e. The summed E-state index contributed by atoms with van der Waals surface area (Å²) in [7, 11) is 0. The molecule has 1 saturated carbocycles. The van der Waals surface area contributed by atoms with Crippen LogP contribution in [-0.4, -0.2) is 75.8 Å². The molecule has 4 rings (SSSR count). The minimum atomic E-state index is -5.08. The molecule has 1 saturated heterocycles. The van der Waals surface area contributed by atoms with Gasteiger partial charge in [0.05, 0.1) is 25.4 Å². The van der Waals surface area contributed by atoms with Gasteiger partial charge in [0.1, 0.15) is 0 Å². The van der Waals surface area contributed by atoms with Gasteiger partial charge in [0.2, 0.25) is 0 Å². The van der Waals surface area contributed by atoms with Crippen LogP contribution < -0.4 is 0 Å². The monoisotopic (exact) mass is 552 g/mol. The zero-order chi connectivity index (χ0) is 28.3. The first-order valence-corrected chi connectivity index (χ1v) is 11.3. The number of hydrogen-bond donors (Lipinski definition) is 2. The molecule has 1 aromatic heterocycles. The molecule has 210 valence electrons. The van der Waals surface area contributed by atoms with Gasteiger partial charge in [-0.3, -0.25) is 9.88 Å². The van der Waals surface area contributed by atoms with Gasteiger partial charge in [0, 0.05) is 31.5 Å². The Balaban J connectivity index is 0.000000301. The lowest BCUT2D eigenvalue weighted by Crippen LogP contribution is -2.42. The molecular formula is C24H26F6N2O6. The Labute approximate surface area is 213 Å². The molecule has 1 aliphatic carbocycles. The van der Waals surface area contributed by atoms with Gasteiger partial charge in [0.25, 0.3) is 0 Å². The van der Waals surface area contributed by atoms with Crippen LogP contribution in [0.2, 0.25) is 0 Å². The summed E-state index contributed by atoms with van der Waals surface area (Å²) < 4.78 is 75.9. The second-order valence-corrected chi connectivity index (χ2v) is 8.25. The molecule has 0 amide bonds. The standard InChI is InChI=1S/C20H24N2O2.2C2HF3O2/c1-2-4-16(5-3-1)14-22-12-13-23-19-7-6-18(22)20(19)24-15-17-8-10-21-11-9-17;2*3-2(4,5)1(6)7/h1-5,8-11,18-20H,6-7,12-15H2;2*(H,6,7). The molecule has 14 heteroatoms. The Bertz CT molecular complexity index is 983. The van der Waals surface area contributed by atoms with Crippen molar-refractivity contribution < 1.29 is 55.6 Å². The van der Waals surface area contributed by atoms with Crippen LogP contribution in [0.25, 0.3) is 0 Å². The van der Waals surface area contributed by atoms with Gasteiger partial charge in [-0.1, -0.05) is 30.3 Å². The quantitative estimate of drug-likeness (QED) is 0.529. The summed E-state index contributed by atoms with van der Waals surface area (Å²) in [5.74, 6) is -5.51. The number of halogens is 6. The van der Waals surface area contributed by atoms with E-state index in [0.29, 0.717) is 12.6 Å². The normalized spacial score (nSPS) is 21.3. The van der Waals surface area contributed by atoms with Crippen molar-refractivity contribution in [3.63, 3.8) is 0 Å². The largest absolute Gasteiger partial charge is 0.490 e. The molecule has 0 spiro atoms. The van der Waals surface area contributed by atoms with Crippen molar-refractivity contribution in [2.75, 3.05) is 13.2 Å². The number of fused-ring (bicyclic) bond motifs is 2. The fraction of sp³-hybridized carbons (Fsp3) is 0.458. The average molecular weight is 552 g/mol. The SMILES string of the molecule is O=C(O)C(F)(F)F.O=C(O)C(F)(F)F.c1ccc(CN2CCOC3CCC2C3OCc2ccncc2)cc1. The summed E-state index contributed by atoms with van der Waals surface area (Å²) in [5.41, 5.74) is 2.53. The van der Waals surface area contributed by atoms with Gasteiger partial charge >= 0.3 is 24.3 Å². The zero-order valence-corrected chi connectivity index (χ0v) is 19.9. The van der Waals surface area contributed by atoms with Crippen LogP contribution in [-0.2, 0) is 32.2 Å². The van der Waals surface area contributed by atoms with Crippen molar-refractivity contribution >= 4 is 11.9 Å². The summed E-state index contributed by atoms with van der Waals surface area (Å²) in [5, 5.41) is 14.2. The Morgan fingerprint density at radius 2 is 1.47 bits per heavy atom. The average Bonchev–Trinajstić information content (AvgIpc) is 3.17. The number of carboxylic acids is 2. The van der Waals surface area contributed by atoms with Crippen LogP contribution in [0.15, 0.2) is 54.9 Å². The third-order valence-electron chi connectivity index (χ3n) is 5.58. The predicted molar refractivity (Wildman–Crippen MR) is 120 cm³/mol. The number of carboxylic acid groups (broad SMARTS) is 2. The van der Waals surface area contributed by atoms with E-state index in [0.717, 1.165) is 32.5 Å². The molecule has 1 aliphatic heterocycles. The molecule has 2 heterocycles. The highest BCUT2D eigenvalue weighted by atomic mass is 19.4. The van der Waals surface area contributed by atoms with Gasteiger partial charge in [-0.25, -0.2) is 9.59 Å². The zero-order valence-electron chi connectivity index (χ0n) is 19.9. The van der Waals surface area contributed by atoms with E-state index in [1.165, 1.54) is 11.1 Å². The molecule has 2 aromatic rings. The molecule has 38 heavy (non-hydrogen) atoms. The number of rotatable bonds is 5. The van der Waals surface area contributed by atoms with Crippen molar-refractivity contribution in [3.8, 4) is 0 Å². The van der Waals surface area contributed by atoms with E-state index in [4.69, 9.17) is 29.3 Å². The van der Waals surface area contributed by atoms with E-state index >= 15 is 0 Å². The molecule has 1 aromatic carbocycles. The van der Waals surface area contributed by atoms with Gasteiger partial charge in [-0.05, 0) is 36.1 Å². The molecule has 8 nitrogen and oxygen atoms in total. The number of carbonyl (C=O) groups is 2. The van der Waals surface area contributed by atoms with E-state index in [9.17, 15) is 26.3 Å². The van der Waals surface area contributed by atoms with Crippen molar-refractivity contribution in [1.82, 2.24) is 9.88 Å². The van der Waals surface area contributed by atoms with Crippen LogP contribution >= 0.6 is 0 Å². The Hall–Kier alpha value is -3.23. The fourth-order valence-corrected chi connectivity index (χ4v) is 3.87. The number of aromatic nitrogens is 1. The Morgan fingerprint density at radius 3 is 2.00 bits per heavy atom. The summed E-state index contributed by atoms with van der Waals surface area (Å²) >= 11 is 0. The number of hydrogen-bond acceptors (Lipinski definition) is 6. The van der Waals surface area contributed by atoms with Crippen molar-refractivity contribution in [1.29, 1.82) is 0 Å². The summed E-state index contributed by atoms with van der Waals surface area (Å²) in [6.07, 6.45) is -3.89. The lowest BCUT2D eigenvalue weighted by molar-refractivity contribution is -0.193. The molecule has 2 N–H and O–H groups in total. The summed E-state index contributed by atoms with van der Waals surface area (Å²) in [4.78, 5) is 24.4. The molecule has 3 unspecified atom stereocenters. The number of ether oxygens (including phenoxy) is 2. The first-order chi connectivity index (χ1) is 17.8. The minimum Gasteiger partial charge on any atom is -0.475 e. The third-order valence-corrected chi connectivity index (χ3v) is 5.58. The van der Waals surface area contributed by atoms with E-state index in [1.54, 1.807) is 0 Å². The van der Waals surface area contributed by atoms with Gasteiger partial charge in [-0.2, -0.15) is 26.3 Å². The maximum absolute atomic E-state index is 10.6. The number of nitrogens with zero attached hydrogens (tertiary/aromatic N) is 2. The molecule has 3 atom stereocenters. The first kappa shape index (κ1) is 31.0. The summed E-state index contributed by atoms with van der Waals surface area (Å²) in [6, 6.07) is 15.2. The van der Waals surface area contributed by atoms with Crippen LogP contribution in [0.3, 0.4) is 0 Å². The van der Waals surface area contributed by atoms with Crippen LogP contribution in [0.5, 0.6) is 0 Å². The highest BCUT2D eigenvalue weighted by Gasteiger charge is 2.43. The predicted octanol–water partition coefficient (Wildman–Crippen LogP) is 4.30. The number of alkyl halides is 6. The van der Waals surface area contributed by atoms with Crippen LogP contribution in [0.1, 0.15) is 24.0 Å². The van der Waals surface area contributed by atoms with Gasteiger partial charge in [-0.15, -0.1) is 0 Å². The minimum absolute atomic E-state index is 0.157. The summed E-state index contributed by atoms with van der Waals surface area (Å²) in [6.45, 7) is 3.37. The number of aliphatic carboxylic acids is 2. The molecule has 2 aliphatic rings. The second kappa shape index (κ2) is 14.1. The maximum atomic E-state index is 10.6. The van der Waals surface area contributed by atoms with Gasteiger partial charge in [0.15, 0.2) is 0 Å². The second-order valence-electron chi connectivity index (χ2n) is 8.25. The third kappa shape index (κ3) is 10.3. The Morgan fingerprint density at radius 1 is 0.921 bits per heavy atom. The van der Waals surface area contributed by atoms with Crippen molar-refractivity contribution in [2.24, 2.45) is 0 Å². The number of benzene rings is 1. The Kier molecular flexibility index (Phi) is 11.5. The molecule has 2 fully saturated rings. The van der Waals surface area contributed by atoms with Crippen LogP contribution in [0.4, 0.5) is 26.3 Å². The highest BCUT2D eigenvalue weighted by Crippen LogP contribution is 2.33. The van der Waals surface area contributed by atoms with E-state index in [-0.39, 0.29) is 12.2 Å². The van der Waals surface area contributed by atoms with E-state index in [1.807, 2.05) is 24.5 Å². The lowest BCUT2D eigenvalue weighted by atomic mass is 10.1. The van der Waals surface area contributed by atoms with Crippen molar-refractivity contribution in [2.45, 2.75) is 56.6 Å². The van der Waals surface area contributed by atoms with E-state index < -0.39 is 24.3 Å². The molecule has 2 bridgehead atoms. The molecular weight excluding hydrogens is 526 g/mol. The smallest absolute Gasteiger partial charge is 0.475 e. The van der Waals surface area contributed by atoms with Crippen molar-refractivity contribution in [3.05, 3.63) is 66.0 Å². The number of pyridine rings is 1. The lowest BCUT2D eigenvalue weighted by Gasteiger charge is -2.31. The van der Waals surface area contributed by atoms with E-state index in [2.05, 4.69) is 40.2 Å².